The van der Waals surface area contributed by atoms with Crippen molar-refractivity contribution in [3.63, 3.8) is 0 Å². The van der Waals surface area contributed by atoms with Crippen LogP contribution >= 0.6 is 0 Å². The summed E-state index contributed by atoms with van der Waals surface area (Å²) in [6.07, 6.45) is 5.61. The largest absolute Gasteiger partial charge is 0.370 e. The summed E-state index contributed by atoms with van der Waals surface area (Å²) in [6, 6.07) is 14.8. The lowest BCUT2D eigenvalue weighted by atomic mass is 10.1. The highest BCUT2D eigenvalue weighted by Crippen LogP contribution is 2.29. The smallest absolute Gasteiger partial charge is 0.224 e. The van der Waals surface area contributed by atoms with E-state index in [1.165, 1.54) is 24.1 Å². The van der Waals surface area contributed by atoms with Gasteiger partial charge in [-0.1, -0.05) is 30.3 Å². The number of piperidine rings is 1. The molecule has 1 aliphatic heterocycles. The fraction of sp³-hybridized carbons (Fsp3) is 0.381. The van der Waals surface area contributed by atoms with Gasteiger partial charge in [0.15, 0.2) is 0 Å². The van der Waals surface area contributed by atoms with Crippen molar-refractivity contribution < 1.29 is 9.18 Å². The number of rotatable bonds is 6. The molecule has 25 heavy (non-hydrogen) atoms. The van der Waals surface area contributed by atoms with Crippen LogP contribution in [0.4, 0.5) is 15.8 Å². The maximum Gasteiger partial charge on any atom is 0.224 e. The molecule has 0 bridgehead atoms. The zero-order valence-corrected chi connectivity index (χ0v) is 14.5. The summed E-state index contributed by atoms with van der Waals surface area (Å²) in [5.74, 6) is -0.375. The van der Waals surface area contributed by atoms with E-state index < -0.39 is 0 Å². The van der Waals surface area contributed by atoms with Gasteiger partial charge in [0.2, 0.25) is 5.91 Å². The van der Waals surface area contributed by atoms with Gasteiger partial charge >= 0.3 is 0 Å². The monoisotopic (exact) mass is 340 g/mol. The topological polar surface area (TPSA) is 32.3 Å². The third-order valence-electron chi connectivity index (χ3n) is 4.64. The van der Waals surface area contributed by atoms with Crippen LogP contribution in [0.1, 0.15) is 37.7 Å². The van der Waals surface area contributed by atoms with Crippen molar-refractivity contribution in [1.29, 1.82) is 0 Å². The van der Waals surface area contributed by atoms with Gasteiger partial charge in [-0.25, -0.2) is 4.39 Å². The standard InChI is InChI=1S/C21H25FN2O/c22-18-12-13-20(24-14-5-2-6-15-24)19(16-18)23-21(25)11-7-10-17-8-3-1-4-9-17/h1,3-4,8-9,12-13,16H,2,5-7,10-11,14-15H2,(H,23,25). The fourth-order valence-corrected chi connectivity index (χ4v) is 3.33. The number of halogens is 1. The molecule has 2 aromatic carbocycles. The van der Waals surface area contributed by atoms with Crippen molar-refractivity contribution in [2.24, 2.45) is 0 Å². The molecular formula is C21H25FN2O. The first-order valence-corrected chi connectivity index (χ1v) is 9.10. The SMILES string of the molecule is O=C(CCCc1ccccc1)Nc1cc(F)ccc1N1CCCCC1. The van der Waals surface area contributed by atoms with Crippen molar-refractivity contribution in [3.05, 3.63) is 59.9 Å². The molecule has 1 amide bonds. The number of carbonyl (C=O) groups excluding carboxylic acids is 1. The Bertz CT molecular complexity index is 696. The molecule has 1 fully saturated rings. The number of benzene rings is 2. The summed E-state index contributed by atoms with van der Waals surface area (Å²) in [5.41, 5.74) is 2.75. The van der Waals surface area contributed by atoms with Crippen molar-refractivity contribution in [2.75, 3.05) is 23.3 Å². The first kappa shape index (κ1) is 17.5. The molecule has 0 atom stereocenters. The van der Waals surface area contributed by atoms with Crippen molar-refractivity contribution >= 4 is 17.3 Å². The quantitative estimate of drug-likeness (QED) is 0.821. The van der Waals surface area contributed by atoms with Gasteiger partial charge in [0, 0.05) is 19.5 Å². The molecule has 0 unspecified atom stereocenters. The molecule has 1 aliphatic rings. The van der Waals surface area contributed by atoms with E-state index in [0.29, 0.717) is 12.1 Å². The lowest BCUT2D eigenvalue weighted by molar-refractivity contribution is -0.116. The predicted octanol–water partition coefficient (Wildman–Crippen LogP) is 4.78. The molecule has 2 aromatic rings. The van der Waals surface area contributed by atoms with Crippen LogP contribution in [0.3, 0.4) is 0 Å². The van der Waals surface area contributed by atoms with E-state index in [1.54, 1.807) is 6.07 Å². The molecule has 132 valence electrons. The van der Waals surface area contributed by atoms with E-state index in [2.05, 4.69) is 22.3 Å². The van der Waals surface area contributed by atoms with E-state index in [-0.39, 0.29) is 11.7 Å². The van der Waals surface area contributed by atoms with E-state index in [4.69, 9.17) is 0 Å². The Morgan fingerprint density at radius 1 is 1.04 bits per heavy atom. The lowest BCUT2D eigenvalue weighted by Gasteiger charge is -2.30. The summed E-state index contributed by atoms with van der Waals surface area (Å²) >= 11 is 0. The molecule has 4 heteroatoms. The van der Waals surface area contributed by atoms with Crippen LogP contribution in [-0.4, -0.2) is 19.0 Å². The normalized spacial score (nSPS) is 14.4. The van der Waals surface area contributed by atoms with Crippen LogP contribution in [0.5, 0.6) is 0 Å². The molecule has 0 saturated carbocycles. The molecule has 1 heterocycles. The average Bonchev–Trinajstić information content (AvgIpc) is 2.63. The molecule has 1 N–H and O–H groups in total. The molecule has 1 saturated heterocycles. The Kier molecular flexibility index (Phi) is 6.04. The Balaban J connectivity index is 1.59. The second-order valence-corrected chi connectivity index (χ2v) is 6.60. The summed E-state index contributed by atoms with van der Waals surface area (Å²) < 4.78 is 13.7. The van der Waals surface area contributed by atoms with Gasteiger partial charge in [0.1, 0.15) is 5.82 Å². The van der Waals surface area contributed by atoms with Crippen LogP contribution in [0.2, 0.25) is 0 Å². The fourth-order valence-electron chi connectivity index (χ4n) is 3.33. The maximum absolute atomic E-state index is 13.7. The summed E-state index contributed by atoms with van der Waals surface area (Å²) in [5, 5.41) is 2.91. The highest BCUT2D eigenvalue weighted by Gasteiger charge is 2.16. The highest BCUT2D eigenvalue weighted by atomic mass is 19.1. The number of aryl methyl sites for hydroxylation is 1. The second kappa shape index (κ2) is 8.65. The second-order valence-electron chi connectivity index (χ2n) is 6.60. The Hall–Kier alpha value is -2.36. The number of nitrogens with zero attached hydrogens (tertiary/aromatic N) is 1. The molecule has 3 rings (SSSR count). The zero-order valence-electron chi connectivity index (χ0n) is 14.5. The summed E-state index contributed by atoms with van der Waals surface area (Å²) in [4.78, 5) is 14.5. The van der Waals surface area contributed by atoms with Crippen LogP contribution in [-0.2, 0) is 11.2 Å². The van der Waals surface area contributed by atoms with Gasteiger partial charge in [-0.15, -0.1) is 0 Å². The van der Waals surface area contributed by atoms with Gasteiger partial charge in [0.25, 0.3) is 0 Å². The van der Waals surface area contributed by atoms with Gasteiger partial charge in [-0.2, -0.15) is 0 Å². The summed E-state index contributed by atoms with van der Waals surface area (Å²) in [6.45, 7) is 1.92. The molecular weight excluding hydrogens is 315 g/mol. The minimum Gasteiger partial charge on any atom is -0.370 e. The number of hydrogen-bond acceptors (Lipinski definition) is 2. The minimum atomic E-state index is -0.319. The minimum absolute atomic E-state index is 0.0557. The number of hydrogen-bond donors (Lipinski definition) is 1. The van der Waals surface area contributed by atoms with Crippen molar-refractivity contribution in [1.82, 2.24) is 0 Å². The van der Waals surface area contributed by atoms with E-state index >= 15 is 0 Å². The van der Waals surface area contributed by atoms with Gasteiger partial charge in [0.05, 0.1) is 11.4 Å². The first-order valence-electron chi connectivity index (χ1n) is 9.10. The predicted molar refractivity (Wildman–Crippen MR) is 100 cm³/mol. The Morgan fingerprint density at radius 2 is 1.80 bits per heavy atom. The molecule has 3 nitrogen and oxygen atoms in total. The van der Waals surface area contributed by atoms with Crippen molar-refractivity contribution in [3.8, 4) is 0 Å². The van der Waals surface area contributed by atoms with Crippen LogP contribution in [0, 0.1) is 5.82 Å². The van der Waals surface area contributed by atoms with Crippen molar-refractivity contribution in [2.45, 2.75) is 38.5 Å². The van der Waals surface area contributed by atoms with Crippen LogP contribution in [0.15, 0.2) is 48.5 Å². The number of anilines is 2. The third-order valence-corrected chi connectivity index (χ3v) is 4.64. The molecule has 0 spiro atoms. The number of amides is 1. The van der Waals surface area contributed by atoms with Gasteiger partial charge in [-0.3, -0.25) is 4.79 Å². The molecule has 0 aliphatic carbocycles. The maximum atomic E-state index is 13.7. The van der Waals surface area contributed by atoms with Crippen LogP contribution in [0.25, 0.3) is 0 Å². The van der Waals surface area contributed by atoms with Gasteiger partial charge < -0.3 is 10.2 Å². The lowest BCUT2D eigenvalue weighted by Crippen LogP contribution is -2.30. The van der Waals surface area contributed by atoms with Gasteiger partial charge in [-0.05, 0) is 55.9 Å². The van der Waals surface area contributed by atoms with E-state index in [9.17, 15) is 9.18 Å². The third kappa shape index (κ3) is 5.05. The Labute approximate surface area is 148 Å². The zero-order chi connectivity index (χ0) is 17.5. The average molecular weight is 340 g/mol. The number of carbonyl (C=O) groups is 1. The summed E-state index contributed by atoms with van der Waals surface area (Å²) in [7, 11) is 0. The number of nitrogens with one attached hydrogen (secondary N) is 1. The van der Waals surface area contributed by atoms with E-state index in [0.717, 1.165) is 44.5 Å². The van der Waals surface area contributed by atoms with E-state index in [1.807, 2.05) is 18.2 Å². The first-order chi connectivity index (χ1) is 12.2. The molecule has 0 radical (unpaired) electrons. The Morgan fingerprint density at radius 3 is 2.56 bits per heavy atom. The molecule has 0 aromatic heterocycles. The van der Waals surface area contributed by atoms with Crippen LogP contribution < -0.4 is 10.2 Å². The highest BCUT2D eigenvalue weighted by molar-refractivity contribution is 5.94.